The first-order valence-electron chi connectivity index (χ1n) is 7.33. The molecule has 0 spiro atoms. The van der Waals surface area contributed by atoms with Crippen LogP contribution in [-0.2, 0) is 10.0 Å². The van der Waals surface area contributed by atoms with Crippen LogP contribution in [0.1, 0.15) is 25.8 Å². The van der Waals surface area contributed by atoms with Gasteiger partial charge in [0.15, 0.2) is 0 Å². The normalized spacial score (nSPS) is 12.9. The van der Waals surface area contributed by atoms with Gasteiger partial charge in [0.2, 0.25) is 0 Å². The lowest BCUT2D eigenvalue weighted by Crippen LogP contribution is -2.38. The maximum absolute atomic E-state index is 13.1. The zero-order valence-electron chi connectivity index (χ0n) is 13.3. The summed E-state index contributed by atoms with van der Waals surface area (Å²) in [5.74, 6) is 0. The minimum absolute atomic E-state index is 0.236. The van der Waals surface area contributed by atoms with Gasteiger partial charge in [-0.1, -0.05) is 47.8 Å². The summed E-state index contributed by atoms with van der Waals surface area (Å²) >= 11 is 12.3. The fourth-order valence-corrected chi connectivity index (χ4v) is 4.41. The molecule has 3 nitrogen and oxygen atoms in total. The van der Waals surface area contributed by atoms with Gasteiger partial charge in [-0.25, -0.2) is 8.42 Å². The molecule has 124 valence electrons. The molecular weight excluding hydrogens is 353 g/mol. The number of aryl methyl sites for hydroxylation is 1. The monoisotopic (exact) mass is 371 g/mol. The van der Waals surface area contributed by atoms with Crippen molar-refractivity contribution in [2.75, 3.05) is 4.31 Å². The molecule has 0 aromatic heterocycles. The highest BCUT2D eigenvalue weighted by Crippen LogP contribution is 2.35. The van der Waals surface area contributed by atoms with Crippen molar-refractivity contribution in [1.82, 2.24) is 0 Å². The van der Waals surface area contributed by atoms with Crippen LogP contribution in [0.3, 0.4) is 0 Å². The van der Waals surface area contributed by atoms with Crippen LogP contribution in [-0.4, -0.2) is 14.5 Å². The molecule has 23 heavy (non-hydrogen) atoms. The van der Waals surface area contributed by atoms with Crippen LogP contribution < -0.4 is 4.31 Å². The Labute approximate surface area is 147 Å². The molecule has 0 radical (unpaired) electrons. The van der Waals surface area contributed by atoms with E-state index in [-0.39, 0.29) is 10.9 Å². The summed E-state index contributed by atoms with van der Waals surface area (Å²) in [5.41, 5.74) is 1.40. The topological polar surface area (TPSA) is 37.4 Å². The van der Waals surface area contributed by atoms with Crippen molar-refractivity contribution in [2.24, 2.45) is 0 Å². The number of rotatable bonds is 5. The third-order valence-electron chi connectivity index (χ3n) is 3.71. The quantitative estimate of drug-likeness (QED) is 0.715. The molecular formula is C17H19Cl2NO2S. The molecule has 6 heteroatoms. The van der Waals surface area contributed by atoms with Crippen molar-refractivity contribution in [3.05, 3.63) is 58.1 Å². The van der Waals surface area contributed by atoms with Gasteiger partial charge >= 0.3 is 0 Å². The van der Waals surface area contributed by atoms with Crippen molar-refractivity contribution >= 4 is 38.9 Å². The molecule has 0 bridgehead atoms. The van der Waals surface area contributed by atoms with Crippen LogP contribution in [0.15, 0.2) is 47.4 Å². The van der Waals surface area contributed by atoms with Crippen LogP contribution in [0.5, 0.6) is 0 Å². The summed E-state index contributed by atoms with van der Waals surface area (Å²) in [7, 11) is -3.73. The first-order chi connectivity index (χ1) is 10.8. The van der Waals surface area contributed by atoms with Crippen molar-refractivity contribution in [2.45, 2.75) is 38.1 Å². The largest absolute Gasteiger partial charge is 0.264 e. The Bertz CT molecular complexity index is 789. The van der Waals surface area contributed by atoms with E-state index in [1.54, 1.807) is 42.5 Å². The summed E-state index contributed by atoms with van der Waals surface area (Å²) in [6.07, 6.45) is 0.647. The maximum Gasteiger partial charge on any atom is 0.264 e. The van der Waals surface area contributed by atoms with Crippen molar-refractivity contribution < 1.29 is 8.42 Å². The van der Waals surface area contributed by atoms with E-state index in [9.17, 15) is 8.42 Å². The maximum atomic E-state index is 13.1. The molecule has 0 aliphatic heterocycles. The van der Waals surface area contributed by atoms with Crippen LogP contribution >= 0.6 is 23.2 Å². The van der Waals surface area contributed by atoms with Crippen molar-refractivity contribution in [1.29, 1.82) is 0 Å². The minimum Gasteiger partial charge on any atom is -0.262 e. The second-order valence-corrected chi connectivity index (χ2v) is 8.13. The zero-order chi connectivity index (χ0) is 17.2. The minimum atomic E-state index is -3.73. The van der Waals surface area contributed by atoms with Crippen LogP contribution in [0.25, 0.3) is 0 Å². The van der Waals surface area contributed by atoms with E-state index in [1.165, 1.54) is 4.31 Å². The predicted octanol–water partition coefficient (Wildman–Crippen LogP) is 5.30. The third-order valence-corrected chi connectivity index (χ3v) is 6.21. The summed E-state index contributed by atoms with van der Waals surface area (Å²) < 4.78 is 27.6. The lowest BCUT2D eigenvalue weighted by atomic mass is 10.2. The Morgan fingerprint density at radius 2 is 1.70 bits per heavy atom. The van der Waals surface area contributed by atoms with E-state index in [0.29, 0.717) is 22.2 Å². The average Bonchev–Trinajstić information content (AvgIpc) is 2.51. The molecule has 2 aromatic carbocycles. The van der Waals surface area contributed by atoms with Gasteiger partial charge in [0.05, 0.1) is 15.6 Å². The number of sulfonamides is 1. The van der Waals surface area contributed by atoms with Gasteiger partial charge in [-0.3, -0.25) is 4.31 Å². The van der Waals surface area contributed by atoms with Gasteiger partial charge in [0.25, 0.3) is 10.0 Å². The molecule has 2 rings (SSSR count). The van der Waals surface area contributed by atoms with Crippen LogP contribution in [0, 0.1) is 6.92 Å². The summed E-state index contributed by atoms with van der Waals surface area (Å²) in [6.45, 7) is 5.69. The molecule has 2 aromatic rings. The first kappa shape index (κ1) is 18.1. The van der Waals surface area contributed by atoms with Gasteiger partial charge in [-0.15, -0.1) is 0 Å². The summed E-state index contributed by atoms with van der Waals surface area (Å²) in [6, 6.07) is 11.4. The predicted molar refractivity (Wildman–Crippen MR) is 97.1 cm³/mol. The van der Waals surface area contributed by atoms with Gasteiger partial charge in [-0.05, 0) is 50.6 Å². The number of anilines is 1. The molecule has 1 atom stereocenters. The molecule has 0 aliphatic rings. The number of halogens is 2. The zero-order valence-corrected chi connectivity index (χ0v) is 15.6. The second kappa shape index (κ2) is 7.12. The van der Waals surface area contributed by atoms with Crippen LogP contribution in [0.2, 0.25) is 10.0 Å². The standard InChI is InChI=1S/C17H19Cl2NO2S/c1-4-13(3)20(17-11-14(18)7-10-16(17)19)23(21,22)15-8-5-12(2)6-9-15/h5-11,13H,4H2,1-3H3/t13-/m1/s1. The van der Waals surface area contributed by atoms with E-state index >= 15 is 0 Å². The Morgan fingerprint density at radius 3 is 2.26 bits per heavy atom. The summed E-state index contributed by atoms with van der Waals surface area (Å²) in [5, 5.41) is 0.794. The Hall–Kier alpha value is -1.23. The summed E-state index contributed by atoms with van der Waals surface area (Å²) in [4.78, 5) is 0.236. The molecule has 0 amide bonds. The molecule has 0 fully saturated rings. The first-order valence-corrected chi connectivity index (χ1v) is 9.53. The smallest absolute Gasteiger partial charge is 0.262 e. The van der Waals surface area contributed by atoms with Crippen molar-refractivity contribution in [3.8, 4) is 0 Å². The number of nitrogens with zero attached hydrogens (tertiary/aromatic N) is 1. The van der Waals surface area contributed by atoms with Gasteiger partial charge in [0, 0.05) is 11.1 Å². The number of hydrogen-bond acceptors (Lipinski definition) is 2. The molecule has 0 saturated heterocycles. The highest BCUT2D eigenvalue weighted by Gasteiger charge is 2.30. The third kappa shape index (κ3) is 3.82. The van der Waals surface area contributed by atoms with E-state index in [4.69, 9.17) is 23.2 Å². The fourth-order valence-electron chi connectivity index (χ4n) is 2.25. The molecule has 0 aliphatic carbocycles. The number of benzene rings is 2. The average molecular weight is 372 g/mol. The fraction of sp³-hybridized carbons (Fsp3) is 0.294. The molecule has 0 unspecified atom stereocenters. The Morgan fingerprint density at radius 1 is 1.09 bits per heavy atom. The van der Waals surface area contributed by atoms with Gasteiger partial charge in [0.1, 0.15) is 0 Å². The number of hydrogen-bond donors (Lipinski definition) is 0. The lowest BCUT2D eigenvalue weighted by molar-refractivity contribution is 0.577. The van der Waals surface area contributed by atoms with Gasteiger partial charge < -0.3 is 0 Å². The molecule has 0 saturated carbocycles. The SMILES string of the molecule is CC[C@@H](C)N(c1cc(Cl)ccc1Cl)S(=O)(=O)c1ccc(C)cc1. The molecule has 0 N–H and O–H groups in total. The molecule has 0 heterocycles. The van der Waals surface area contributed by atoms with E-state index in [0.717, 1.165) is 5.56 Å². The Balaban J connectivity index is 2.63. The van der Waals surface area contributed by atoms with E-state index in [2.05, 4.69) is 0 Å². The lowest BCUT2D eigenvalue weighted by Gasteiger charge is -2.30. The van der Waals surface area contributed by atoms with E-state index in [1.807, 2.05) is 20.8 Å². The van der Waals surface area contributed by atoms with Crippen molar-refractivity contribution in [3.63, 3.8) is 0 Å². The Kier molecular flexibility index (Phi) is 5.61. The van der Waals surface area contributed by atoms with Gasteiger partial charge in [-0.2, -0.15) is 0 Å². The highest BCUT2D eigenvalue weighted by molar-refractivity contribution is 7.92. The highest BCUT2D eigenvalue weighted by atomic mass is 35.5. The van der Waals surface area contributed by atoms with E-state index < -0.39 is 10.0 Å². The van der Waals surface area contributed by atoms with Crippen LogP contribution in [0.4, 0.5) is 5.69 Å². The second-order valence-electron chi connectivity index (χ2n) is 5.47.